The number of benzene rings is 1. The molecule has 3 atom stereocenters. The van der Waals surface area contributed by atoms with Crippen molar-refractivity contribution in [1.82, 2.24) is 16.0 Å². The number of alkyl carbamates (subject to hydrolysis) is 1. The summed E-state index contributed by atoms with van der Waals surface area (Å²) in [4.78, 5) is 49.6. The van der Waals surface area contributed by atoms with Gasteiger partial charge in [-0.2, -0.15) is 0 Å². The van der Waals surface area contributed by atoms with Gasteiger partial charge in [-0.15, -0.1) is 0 Å². The summed E-state index contributed by atoms with van der Waals surface area (Å²) in [6, 6.07) is 6.84. The Hall–Kier alpha value is -2.94. The zero-order valence-corrected chi connectivity index (χ0v) is 20.7. The van der Waals surface area contributed by atoms with E-state index in [1.54, 1.807) is 0 Å². The van der Waals surface area contributed by atoms with Crippen LogP contribution in [0.5, 0.6) is 0 Å². The van der Waals surface area contributed by atoms with Gasteiger partial charge in [-0.25, -0.2) is 4.79 Å². The summed E-state index contributed by atoms with van der Waals surface area (Å²) in [5, 5.41) is 8.06. The Bertz CT molecular complexity index is 770. The van der Waals surface area contributed by atoms with Gasteiger partial charge in [0.1, 0.15) is 25.0 Å². The molecule has 0 fully saturated rings. The van der Waals surface area contributed by atoms with Crippen LogP contribution in [0.25, 0.3) is 0 Å². The second kappa shape index (κ2) is 15.8. The van der Waals surface area contributed by atoms with Crippen molar-refractivity contribution in [2.45, 2.75) is 78.1 Å². The van der Waals surface area contributed by atoms with Gasteiger partial charge in [0, 0.05) is 0 Å². The van der Waals surface area contributed by atoms with Gasteiger partial charge in [0.25, 0.3) is 0 Å². The lowest BCUT2D eigenvalue weighted by Crippen LogP contribution is -2.55. The lowest BCUT2D eigenvalue weighted by atomic mass is 10.00. The fraction of sp³-hybridized carbons (Fsp3) is 0.600. The molecule has 0 heterocycles. The maximum Gasteiger partial charge on any atom is 0.408 e. The highest BCUT2D eigenvalue weighted by Gasteiger charge is 2.29. The second-order valence-electron chi connectivity index (χ2n) is 9.26. The lowest BCUT2D eigenvalue weighted by Gasteiger charge is -2.26. The predicted molar refractivity (Wildman–Crippen MR) is 131 cm³/mol. The quantitative estimate of drug-likeness (QED) is 0.286. The monoisotopic (exact) mass is 476 g/mol. The molecule has 0 bridgehead atoms. The van der Waals surface area contributed by atoms with E-state index in [0.29, 0.717) is 38.5 Å². The van der Waals surface area contributed by atoms with Crippen LogP contribution in [0.2, 0.25) is 0 Å². The smallest absolute Gasteiger partial charge is 0.408 e. The molecule has 5 N–H and O–H groups in total. The molecule has 0 unspecified atom stereocenters. The number of nitrogens with one attached hydrogen (secondary N) is 3. The Balaban J connectivity index is 2.82. The van der Waals surface area contributed by atoms with Crippen molar-refractivity contribution in [2.75, 3.05) is 6.54 Å². The molecular formula is C25H40N4O5. The molecule has 1 rings (SSSR count). The molecule has 3 amide bonds. The average molecular weight is 477 g/mol. The van der Waals surface area contributed by atoms with E-state index in [2.05, 4.69) is 16.0 Å². The first-order valence-corrected chi connectivity index (χ1v) is 11.9. The van der Waals surface area contributed by atoms with Crippen LogP contribution in [-0.4, -0.2) is 48.9 Å². The zero-order chi connectivity index (χ0) is 25.5. The number of aldehydes is 1. The maximum atomic E-state index is 13.1. The van der Waals surface area contributed by atoms with Crippen LogP contribution < -0.4 is 21.7 Å². The van der Waals surface area contributed by atoms with Gasteiger partial charge in [0.15, 0.2) is 0 Å². The minimum absolute atomic E-state index is 0.0803. The third kappa shape index (κ3) is 11.8. The molecule has 0 aliphatic carbocycles. The summed E-state index contributed by atoms with van der Waals surface area (Å²) < 4.78 is 5.25. The largest absolute Gasteiger partial charge is 0.445 e. The molecule has 0 aromatic heterocycles. The Morgan fingerprint density at radius 2 is 1.47 bits per heavy atom. The molecule has 9 heteroatoms. The van der Waals surface area contributed by atoms with Crippen LogP contribution in [0.1, 0.15) is 58.9 Å². The van der Waals surface area contributed by atoms with E-state index in [9.17, 15) is 19.2 Å². The Morgan fingerprint density at radius 1 is 0.912 bits per heavy atom. The number of carbonyl (C=O) groups excluding carboxylic acids is 4. The second-order valence-corrected chi connectivity index (χ2v) is 9.26. The van der Waals surface area contributed by atoms with Crippen molar-refractivity contribution in [1.29, 1.82) is 0 Å². The summed E-state index contributed by atoms with van der Waals surface area (Å²) in [6.07, 6.45) is 1.74. The first-order valence-electron chi connectivity index (χ1n) is 11.9. The SMILES string of the molecule is CC(C)C[C@H](NC(=O)OCc1ccccc1)C(=O)N[C@@H](CC(C)C)C(=O)N[C@H](C=O)CCCN. The molecule has 190 valence electrons. The van der Waals surface area contributed by atoms with Crippen molar-refractivity contribution in [3.8, 4) is 0 Å². The van der Waals surface area contributed by atoms with Gasteiger partial charge in [-0.05, 0) is 49.6 Å². The van der Waals surface area contributed by atoms with Crippen LogP contribution in [0, 0.1) is 11.8 Å². The molecule has 1 aromatic carbocycles. The lowest BCUT2D eigenvalue weighted by molar-refractivity contribution is -0.131. The third-order valence-electron chi connectivity index (χ3n) is 5.08. The van der Waals surface area contributed by atoms with E-state index in [4.69, 9.17) is 10.5 Å². The summed E-state index contributed by atoms with van der Waals surface area (Å²) in [6.45, 7) is 8.22. The molecule has 0 saturated carbocycles. The van der Waals surface area contributed by atoms with Crippen LogP contribution in [0.3, 0.4) is 0 Å². The van der Waals surface area contributed by atoms with E-state index in [1.807, 2.05) is 58.0 Å². The average Bonchev–Trinajstić information content (AvgIpc) is 2.79. The van der Waals surface area contributed by atoms with Crippen LogP contribution in [-0.2, 0) is 25.7 Å². The summed E-state index contributed by atoms with van der Waals surface area (Å²) in [7, 11) is 0. The first kappa shape index (κ1) is 29.1. The predicted octanol–water partition coefficient (Wildman–Crippen LogP) is 2.28. The van der Waals surface area contributed by atoms with Crippen LogP contribution in [0.4, 0.5) is 4.79 Å². The number of nitrogens with two attached hydrogens (primary N) is 1. The van der Waals surface area contributed by atoms with Gasteiger partial charge < -0.3 is 31.2 Å². The van der Waals surface area contributed by atoms with Crippen molar-refractivity contribution in [3.63, 3.8) is 0 Å². The normalized spacial score (nSPS) is 13.6. The molecule has 0 spiro atoms. The molecule has 0 aliphatic rings. The fourth-order valence-electron chi connectivity index (χ4n) is 3.38. The minimum atomic E-state index is -0.871. The highest BCUT2D eigenvalue weighted by Crippen LogP contribution is 2.10. The molecular weight excluding hydrogens is 436 g/mol. The Labute approximate surface area is 202 Å². The highest BCUT2D eigenvalue weighted by atomic mass is 16.5. The zero-order valence-electron chi connectivity index (χ0n) is 20.7. The van der Waals surface area contributed by atoms with E-state index in [1.165, 1.54) is 0 Å². The molecule has 0 saturated heterocycles. The van der Waals surface area contributed by atoms with Gasteiger partial charge >= 0.3 is 6.09 Å². The van der Waals surface area contributed by atoms with Gasteiger partial charge in [-0.3, -0.25) is 9.59 Å². The number of hydrogen-bond donors (Lipinski definition) is 4. The summed E-state index contributed by atoms with van der Waals surface area (Å²) >= 11 is 0. The number of rotatable bonds is 15. The van der Waals surface area contributed by atoms with E-state index < -0.39 is 36.0 Å². The van der Waals surface area contributed by atoms with Gasteiger partial charge in [-0.1, -0.05) is 58.0 Å². The fourth-order valence-corrected chi connectivity index (χ4v) is 3.38. The maximum absolute atomic E-state index is 13.1. The molecule has 1 aromatic rings. The van der Waals surface area contributed by atoms with Crippen LogP contribution >= 0.6 is 0 Å². The van der Waals surface area contributed by atoms with Gasteiger partial charge in [0.05, 0.1) is 6.04 Å². The number of hydrogen-bond acceptors (Lipinski definition) is 6. The Morgan fingerprint density at radius 3 is 2.00 bits per heavy atom. The third-order valence-corrected chi connectivity index (χ3v) is 5.08. The van der Waals surface area contributed by atoms with Crippen molar-refractivity contribution in [3.05, 3.63) is 35.9 Å². The topological polar surface area (TPSA) is 140 Å². The first-order chi connectivity index (χ1) is 16.2. The molecule has 34 heavy (non-hydrogen) atoms. The van der Waals surface area contributed by atoms with Gasteiger partial charge in [0.2, 0.25) is 11.8 Å². The molecule has 0 radical (unpaired) electrons. The number of amides is 3. The number of ether oxygens (including phenoxy) is 1. The van der Waals surface area contributed by atoms with Crippen LogP contribution in [0.15, 0.2) is 30.3 Å². The van der Waals surface area contributed by atoms with E-state index in [-0.39, 0.29) is 18.4 Å². The van der Waals surface area contributed by atoms with E-state index in [0.717, 1.165) is 5.56 Å². The van der Waals surface area contributed by atoms with Crippen molar-refractivity contribution >= 4 is 24.2 Å². The summed E-state index contributed by atoms with van der Waals surface area (Å²) in [5.41, 5.74) is 6.32. The standard InChI is InChI=1S/C25H40N4O5/c1-17(2)13-21(23(31)27-20(15-30)11-8-12-26)28-24(32)22(14-18(3)4)29-25(33)34-16-19-9-6-5-7-10-19/h5-7,9-10,15,17-18,20-22H,8,11-14,16,26H2,1-4H3,(H,27,31)(H,28,32)(H,29,33)/t20-,21-,22-/m0/s1. The molecule has 0 aliphatic heterocycles. The summed E-state index contributed by atoms with van der Waals surface area (Å²) in [5.74, 6) is -0.692. The minimum Gasteiger partial charge on any atom is -0.445 e. The Kier molecular flexibility index (Phi) is 13.5. The molecule has 9 nitrogen and oxygen atoms in total. The van der Waals surface area contributed by atoms with Crippen molar-refractivity contribution in [2.24, 2.45) is 17.6 Å². The van der Waals surface area contributed by atoms with E-state index >= 15 is 0 Å². The van der Waals surface area contributed by atoms with Crippen molar-refractivity contribution < 1.29 is 23.9 Å². The highest BCUT2D eigenvalue weighted by molar-refractivity contribution is 5.92. The number of carbonyl (C=O) groups is 4.